The molecule has 0 nitrogen and oxygen atoms in total. The lowest BCUT2D eigenvalue weighted by Crippen LogP contribution is -1.94. The quantitative estimate of drug-likeness (QED) is 0.630. The molecule has 0 saturated carbocycles. The fourth-order valence-electron chi connectivity index (χ4n) is 2.47. The average molecular weight is 252 g/mol. The molecule has 0 aromatic heterocycles. The van der Waals surface area contributed by atoms with E-state index in [1.165, 1.54) is 36.0 Å². The Kier molecular flexibility index (Phi) is 5.20. The highest BCUT2D eigenvalue weighted by Crippen LogP contribution is 2.22. The minimum absolute atomic E-state index is 0.686. The first-order chi connectivity index (χ1) is 9.29. The highest BCUT2D eigenvalue weighted by atomic mass is 14.1. The van der Waals surface area contributed by atoms with Crippen LogP contribution in [0, 0.1) is 0 Å². The summed E-state index contributed by atoms with van der Waals surface area (Å²) >= 11 is 0. The molecule has 0 aliphatic carbocycles. The summed E-state index contributed by atoms with van der Waals surface area (Å²) in [5.41, 5.74) is 4.26. The maximum absolute atomic E-state index is 2.34. The second kappa shape index (κ2) is 7.13. The van der Waals surface area contributed by atoms with Crippen LogP contribution in [0.2, 0.25) is 0 Å². The summed E-state index contributed by atoms with van der Waals surface area (Å²) in [6.45, 7) is 4.59. The van der Waals surface area contributed by atoms with Crippen LogP contribution in [0.25, 0.3) is 0 Å². The molecular formula is C19H24. The predicted octanol–water partition coefficient (Wildman–Crippen LogP) is 5.57. The van der Waals surface area contributed by atoms with Gasteiger partial charge in [0.15, 0.2) is 0 Å². The van der Waals surface area contributed by atoms with Crippen LogP contribution in [0.15, 0.2) is 54.6 Å². The van der Waals surface area contributed by atoms with Gasteiger partial charge in [-0.05, 0) is 35.4 Å². The smallest absolute Gasteiger partial charge is 0.00258 e. The number of hydrogen-bond donors (Lipinski definition) is 0. The van der Waals surface area contributed by atoms with Crippen LogP contribution in [-0.4, -0.2) is 0 Å². The van der Waals surface area contributed by atoms with Crippen molar-refractivity contribution in [1.82, 2.24) is 0 Å². The third kappa shape index (κ3) is 4.24. The third-order valence-electron chi connectivity index (χ3n) is 3.79. The standard InChI is InChI=1S/C19H24/c1-3-4-8-16(2)19-13-11-18(12-14-19)15-17-9-6-5-7-10-17/h5-7,9-14,16H,3-4,8,15H2,1-2H3. The Balaban J connectivity index is 1.98. The SMILES string of the molecule is CCCCC(C)c1ccc(Cc2ccccc2)cc1. The molecule has 0 heteroatoms. The summed E-state index contributed by atoms with van der Waals surface area (Å²) in [7, 11) is 0. The summed E-state index contributed by atoms with van der Waals surface area (Å²) in [6.07, 6.45) is 4.95. The molecule has 1 atom stereocenters. The summed E-state index contributed by atoms with van der Waals surface area (Å²) < 4.78 is 0. The molecular weight excluding hydrogens is 228 g/mol. The van der Waals surface area contributed by atoms with Crippen LogP contribution in [0.5, 0.6) is 0 Å². The van der Waals surface area contributed by atoms with Crippen LogP contribution in [-0.2, 0) is 6.42 Å². The van der Waals surface area contributed by atoms with E-state index in [-0.39, 0.29) is 0 Å². The van der Waals surface area contributed by atoms with E-state index in [0.29, 0.717) is 5.92 Å². The van der Waals surface area contributed by atoms with E-state index >= 15 is 0 Å². The summed E-state index contributed by atoms with van der Waals surface area (Å²) in [5.74, 6) is 0.686. The molecule has 19 heavy (non-hydrogen) atoms. The van der Waals surface area contributed by atoms with Crippen LogP contribution >= 0.6 is 0 Å². The van der Waals surface area contributed by atoms with E-state index in [2.05, 4.69) is 68.4 Å². The summed E-state index contributed by atoms with van der Waals surface area (Å²) in [4.78, 5) is 0. The number of unbranched alkanes of at least 4 members (excludes halogenated alkanes) is 1. The second-order valence-corrected chi connectivity index (χ2v) is 5.45. The molecule has 0 spiro atoms. The van der Waals surface area contributed by atoms with Crippen molar-refractivity contribution in [3.8, 4) is 0 Å². The lowest BCUT2D eigenvalue weighted by molar-refractivity contribution is 0.624. The van der Waals surface area contributed by atoms with Gasteiger partial charge in [-0.1, -0.05) is 81.3 Å². The first kappa shape index (κ1) is 13.9. The number of rotatable bonds is 6. The number of hydrogen-bond acceptors (Lipinski definition) is 0. The van der Waals surface area contributed by atoms with E-state index in [9.17, 15) is 0 Å². The van der Waals surface area contributed by atoms with Crippen LogP contribution in [0.1, 0.15) is 55.7 Å². The zero-order valence-electron chi connectivity index (χ0n) is 12.1. The molecule has 2 aromatic rings. The molecule has 100 valence electrons. The van der Waals surface area contributed by atoms with Gasteiger partial charge in [0.1, 0.15) is 0 Å². The van der Waals surface area contributed by atoms with Crippen molar-refractivity contribution < 1.29 is 0 Å². The average Bonchev–Trinajstić information content (AvgIpc) is 2.46. The van der Waals surface area contributed by atoms with Crippen LogP contribution in [0.4, 0.5) is 0 Å². The molecule has 0 aliphatic heterocycles. The maximum atomic E-state index is 2.34. The normalized spacial score (nSPS) is 12.3. The van der Waals surface area contributed by atoms with Crippen molar-refractivity contribution in [3.05, 3.63) is 71.3 Å². The Labute approximate surface area is 117 Å². The van der Waals surface area contributed by atoms with Gasteiger partial charge >= 0.3 is 0 Å². The Morgan fingerprint density at radius 2 is 1.47 bits per heavy atom. The van der Waals surface area contributed by atoms with Crippen LogP contribution in [0.3, 0.4) is 0 Å². The molecule has 0 fully saturated rings. The molecule has 0 aliphatic rings. The first-order valence-electron chi connectivity index (χ1n) is 7.42. The van der Waals surface area contributed by atoms with Crippen molar-refractivity contribution >= 4 is 0 Å². The zero-order valence-corrected chi connectivity index (χ0v) is 12.1. The van der Waals surface area contributed by atoms with Crippen LogP contribution < -0.4 is 0 Å². The summed E-state index contributed by atoms with van der Waals surface area (Å²) in [5, 5.41) is 0. The van der Waals surface area contributed by atoms with E-state index in [1.54, 1.807) is 0 Å². The minimum Gasteiger partial charge on any atom is -0.0654 e. The van der Waals surface area contributed by atoms with Crippen molar-refractivity contribution in [1.29, 1.82) is 0 Å². The molecule has 1 unspecified atom stereocenters. The minimum atomic E-state index is 0.686. The molecule has 0 amide bonds. The van der Waals surface area contributed by atoms with Gasteiger partial charge in [-0.3, -0.25) is 0 Å². The van der Waals surface area contributed by atoms with E-state index < -0.39 is 0 Å². The molecule has 0 bridgehead atoms. The second-order valence-electron chi connectivity index (χ2n) is 5.45. The monoisotopic (exact) mass is 252 g/mol. The Morgan fingerprint density at radius 1 is 0.842 bits per heavy atom. The molecule has 0 N–H and O–H groups in total. The van der Waals surface area contributed by atoms with Gasteiger partial charge in [0.05, 0.1) is 0 Å². The Hall–Kier alpha value is -1.56. The molecule has 2 rings (SSSR count). The number of benzene rings is 2. The van der Waals surface area contributed by atoms with E-state index in [0.717, 1.165) is 6.42 Å². The van der Waals surface area contributed by atoms with Crippen molar-refractivity contribution in [3.63, 3.8) is 0 Å². The molecule has 0 radical (unpaired) electrons. The Morgan fingerprint density at radius 3 is 2.11 bits per heavy atom. The van der Waals surface area contributed by atoms with Gasteiger partial charge < -0.3 is 0 Å². The zero-order chi connectivity index (χ0) is 13.5. The lowest BCUT2D eigenvalue weighted by atomic mass is 9.94. The third-order valence-corrected chi connectivity index (χ3v) is 3.79. The van der Waals surface area contributed by atoms with Gasteiger partial charge in [0, 0.05) is 0 Å². The highest BCUT2D eigenvalue weighted by Gasteiger charge is 2.04. The lowest BCUT2D eigenvalue weighted by Gasteiger charge is -2.12. The predicted molar refractivity (Wildman–Crippen MR) is 83.6 cm³/mol. The van der Waals surface area contributed by atoms with Gasteiger partial charge in [0.2, 0.25) is 0 Å². The first-order valence-corrected chi connectivity index (χ1v) is 7.42. The molecule has 2 aromatic carbocycles. The van der Waals surface area contributed by atoms with Crippen molar-refractivity contribution in [2.45, 2.75) is 45.4 Å². The maximum Gasteiger partial charge on any atom is -0.00258 e. The Bertz CT molecular complexity index is 467. The highest BCUT2D eigenvalue weighted by molar-refractivity contribution is 5.29. The van der Waals surface area contributed by atoms with Gasteiger partial charge in [-0.25, -0.2) is 0 Å². The van der Waals surface area contributed by atoms with Crippen molar-refractivity contribution in [2.24, 2.45) is 0 Å². The largest absolute Gasteiger partial charge is 0.0654 e. The van der Waals surface area contributed by atoms with Gasteiger partial charge in [0.25, 0.3) is 0 Å². The van der Waals surface area contributed by atoms with E-state index in [1.807, 2.05) is 0 Å². The molecule has 0 heterocycles. The summed E-state index contributed by atoms with van der Waals surface area (Å²) in [6, 6.07) is 19.8. The fraction of sp³-hybridized carbons (Fsp3) is 0.368. The van der Waals surface area contributed by atoms with Gasteiger partial charge in [-0.2, -0.15) is 0 Å². The van der Waals surface area contributed by atoms with Crippen molar-refractivity contribution in [2.75, 3.05) is 0 Å². The fourth-order valence-corrected chi connectivity index (χ4v) is 2.47. The van der Waals surface area contributed by atoms with E-state index in [4.69, 9.17) is 0 Å². The topological polar surface area (TPSA) is 0 Å². The molecule has 0 saturated heterocycles. The van der Waals surface area contributed by atoms with Gasteiger partial charge in [-0.15, -0.1) is 0 Å².